The Morgan fingerprint density at radius 1 is 1.27 bits per heavy atom. The fourth-order valence-electron chi connectivity index (χ4n) is 3.16. The van der Waals surface area contributed by atoms with Crippen molar-refractivity contribution in [1.82, 2.24) is 10.2 Å². The molecule has 0 bridgehead atoms. The number of hydrogen-bond acceptors (Lipinski definition) is 2. The molecule has 1 aliphatic carbocycles. The zero-order valence-corrected chi connectivity index (χ0v) is 9.99. The molecule has 86 valence electrons. The van der Waals surface area contributed by atoms with E-state index >= 15 is 0 Å². The molecule has 15 heavy (non-hydrogen) atoms. The molecule has 1 saturated carbocycles. The SMILES string of the molecule is CC(=O)N1C[C@H]2C[C@@H](NC(C)C)C[C@H]2C1. The van der Waals surface area contributed by atoms with E-state index in [1.807, 2.05) is 4.90 Å². The smallest absolute Gasteiger partial charge is 0.219 e. The van der Waals surface area contributed by atoms with E-state index in [9.17, 15) is 4.79 Å². The van der Waals surface area contributed by atoms with Gasteiger partial charge in [0, 0.05) is 32.1 Å². The lowest BCUT2D eigenvalue weighted by molar-refractivity contribution is -0.128. The molecule has 2 aliphatic rings. The standard InChI is InChI=1S/C12H22N2O/c1-8(2)13-12-4-10-6-14(9(3)15)7-11(10)5-12/h8,10-13H,4-7H2,1-3H3/t10-,11+,12-. The molecule has 0 aromatic carbocycles. The molecule has 1 amide bonds. The van der Waals surface area contributed by atoms with E-state index in [2.05, 4.69) is 19.2 Å². The minimum atomic E-state index is 0.248. The quantitative estimate of drug-likeness (QED) is 0.744. The fraction of sp³-hybridized carbons (Fsp3) is 0.917. The number of hydrogen-bond donors (Lipinski definition) is 1. The Labute approximate surface area is 92.2 Å². The van der Waals surface area contributed by atoms with Crippen LogP contribution in [0, 0.1) is 11.8 Å². The number of carbonyl (C=O) groups is 1. The average molecular weight is 210 g/mol. The first-order valence-electron chi connectivity index (χ1n) is 6.08. The molecule has 3 heteroatoms. The Bertz CT molecular complexity index is 238. The van der Waals surface area contributed by atoms with Gasteiger partial charge in [-0.1, -0.05) is 13.8 Å². The second-order valence-corrected chi connectivity index (χ2v) is 5.43. The summed E-state index contributed by atoms with van der Waals surface area (Å²) in [5.74, 6) is 1.76. The van der Waals surface area contributed by atoms with Gasteiger partial charge in [-0.05, 0) is 24.7 Å². The first kappa shape index (κ1) is 10.9. The molecule has 0 unspecified atom stereocenters. The summed E-state index contributed by atoms with van der Waals surface area (Å²) in [6.45, 7) is 8.09. The van der Waals surface area contributed by atoms with E-state index < -0.39 is 0 Å². The van der Waals surface area contributed by atoms with Crippen LogP contribution in [0.5, 0.6) is 0 Å². The molecule has 1 N–H and O–H groups in total. The largest absolute Gasteiger partial charge is 0.342 e. The highest BCUT2D eigenvalue weighted by Crippen LogP contribution is 2.38. The maximum Gasteiger partial charge on any atom is 0.219 e. The molecular formula is C12H22N2O. The van der Waals surface area contributed by atoms with E-state index in [0.29, 0.717) is 12.1 Å². The summed E-state index contributed by atoms with van der Waals surface area (Å²) in [6.07, 6.45) is 2.51. The Balaban J connectivity index is 1.85. The summed E-state index contributed by atoms with van der Waals surface area (Å²) in [4.78, 5) is 13.3. The van der Waals surface area contributed by atoms with Crippen molar-refractivity contribution >= 4 is 5.91 Å². The van der Waals surface area contributed by atoms with Crippen molar-refractivity contribution < 1.29 is 4.79 Å². The zero-order valence-electron chi connectivity index (χ0n) is 9.99. The molecule has 2 fully saturated rings. The second-order valence-electron chi connectivity index (χ2n) is 5.43. The Morgan fingerprint density at radius 3 is 2.20 bits per heavy atom. The summed E-state index contributed by atoms with van der Waals surface area (Å²) >= 11 is 0. The molecule has 2 rings (SSSR count). The molecule has 1 heterocycles. The topological polar surface area (TPSA) is 32.3 Å². The van der Waals surface area contributed by atoms with Crippen molar-refractivity contribution in [2.75, 3.05) is 13.1 Å². The summed E-state index contributed by atoms with van der Waals surface area (Å²) in [7, 11) is 0. The van der Waals surface area contributed by atoms with Crippen molar-refractivity contribution in [3.05, 3.63) is 0 Å². The third kappa shape index (κ3) is 2.33. The highest BCUT2D eigenvalue weighted by atomic mass is 16.2. The Hall–Kier alpha value is -0.570. The number of nitrogens with zero attached hydrogens (tertiary/aromatic N) is 1. The van der Waals surface area contributed by atoms with Crippen molar-refractivity contribution in [2.45, 2.75) is 45.7 Å². The number of nitrogens with one attached hydrogen (secondary N) is 1. The van der Waals surface area contributed by atoms with Gasteiger partial charge in [0.1, 0.15) is 0 Å². The molecule has 0 aromatic rings. The van der Waals surface area contributed by atoms with Crippen LogP contribution in [0.25, 0.3) is 0 Å². The molecular weight excluding hydrogens is 188 g/mol. The molecule has 3 nitrogen and oxygen atoms in total. The van der Waals surface area contributed by atoms with Crippen LogP contribution in [-0.2, 0) is 4.79 Å². The van der Waals surface area contributed by atoms with Crippen LogP contribution < -0.4 is 5.32 Å². The zero-order chi connectivity index (χ0) is 11.0. The third-order valence-corrected chi connectivity index (χ3v) is 3.77. The van der Waals surface area contributed by atoms with Gasteiger partial charge >= 0.3 is 0 Å². The lowest BCUT2D eigenvalue weighted by Crippen LogP contribution is -2.35. The highest BCUT2D eigenvalue weighted by Gasteiger charge is 2.41. The number of carbonyl (C=O) groups excluding carboxylic acids is 1. The van der Waals surface area contributed by atoms with E-state index in [-0.39, 0.29) is 5.91 Å². The highest BCUT2D eigenvalue weighted by molar-refractivity contribution is 5.73. The summed E-state index contributed by atoms with van der Waals surface area (Å²) in [5.41, 5.74) is 0. The Morgan fingerprint density at radius 2 is 1.80 bits per heavy atom. The van der Waals surface area contributed by atoms with E-state index in [4.69, 9.17) is 0 Å². The van der Waals surface area contributed by atoms with Crippen LogP contribution in [0.4, 0.5) is 0 Å². The molecule has 3 atom stereocenters. The van der Waals surface area contributed by atoms with Gasteiger partial charge in [-0.3, -0.25) is 4.79 Å². The van der Waals surface area contributed by atoms with Crippen molar-refractivity contribution in [1.29, 1.82) is 0 Å². The monoisotopic (exact) mass is 210 g/mol. The van der Waals surface area contributed by atoms with Gasteiger partial charge in [0.2, 0.25) is 5.91 Å². The number of fused-ring (bicyclic) bond motifs is 1. The van der Waals surface area contributed by atoms with Crippen molar-refractivity contribution in [2.24, 2.45) is 11.8 Å². The number of rotatable bonds is 2. The summed E-state index contributed by atoms with van der Waals surface area (Å²) in [6, 6.07) is 1.27. The summed E-state index contributed by atoms with van der Waals surface area (Å²) in [5, 5.41) is 3.61. The normalized spacial score (nSPS) is 34.9. The van der Waals surface area contributed by atoms with E-state index in [1.165, 1.54) is 12.8 Å². The number of amides is 1. The average Bonchev–Trinajstić information content (AvgIpc) is 2.58. The number of likely N-dealkylation sites (tertiary alicyclic amines) is 1. The van der Waals surface area contributed by atoms with Crippen molar-refractivity contribution in [3.8, 4) is 0 Å². The molecule has 0 spiro atoms. The van der Waals surface area contributed by atoms with Gasteiger partial charge in [0.15, 0.2) is 0 Å². The van der Waals surface area contributed by atoms with Crippen LogP contribution in [0.2, 0.25) is 0 Å². The first-order chi connectivity index (χ1) is 7.06. The molecule has 0 aromatic heterocycles. The molecule has 1 aliphatic heterocycles. The van der Waals surface area contributed by atoms with Crippen LogP contribution in [0.15, 0.2) is 0 Å². The fourth-order valence-corrected chi connectivity index (χ4v) is 3.16. The Kier molecular flexibility index (Phi) is 3.01. The first-order valence-corrected chi connectivity index (χ1v) is 6.08. The maximum absolute atomic E-state index is 11.2. The van der Waals surface area contributed by atoms with Crippen molar-refractivity contribution in [3.63, 3.8) is 0 Å². The molecule has 0 radical (unpaired) electrons. The van der Waals surface area contributed by atoms with Gasteiger partial charge < -0.3 is 10.2 Å². The van der Waals surface area contributed by atoms with Gasteiger partial charge in [-0.25, -0.2) is 0 Å². The molecule has 1 saturated heterocycles. The maximum atomic E-state index is 11.2. The minimum absolute atomic E-state index is 0.248. The van der Waals surface area contributed by atoms with Crippen LogP contribution >= 0.6 is 0 Å². The lowest BCUT2D eigenvalue weighted by Gasteiger charge is -2.20. The van der Waals surface area contributed by atoms with E-state index in [0.717, 1.165) is 24.9 Å². The summed E-state index contributed by atoms with van der Waals surface area (Å²) < 4.78 is 0. The van der Waals surface area contributed by atoms with E-state index in [1.54, 1.807) is 6.92 Å². The van der Waals surface area contributed by atoms with Crippen LogP contribution in [-0.4, -0.2) is 36.0 Å². The lowest BCUT2D eigenvalue weighted by atomic mass is 10.0. The van der Waals surface area contributed by atoms with Gasteiger partial charge in [0.05, 0.1) is 0 Å². The third-order valence-electron chi connectivity index (χ3n) is 3.77. The second kappa shape index (κ2) is 4.12. The van der Waals surface area contributed by atoms with Gasteiger partial charge in [0.25, 0.3) is 0 Å². The predicted molar refractivity (Wildman–Crippen MR) is 60.5 cm³/mol. The van der Waals surface area contributed by atoms with Gasteiger partial charge in [-0.15, -0.1) is 0 Å². The van der Waals surface area contributed by atoms with Crippen LogP contribution in [0.3, 0.4) is 0 Å². The van der Waals surface area contributed by atoms with Gasteiger partial charge in [-0.2, -0.15) is 0 Å². The predicted octanol–water partition coefficient (Wildman–Crippen LogP) is 1.24. The minimum Gasteiger partial charge on any atom is -0.342 e. The van der Waals surface area contributed by atoms with Crippen LogP contribution in [0.1, 0.15) is 33.6 Å².